The quantitative estimate of drug-likeness (QED) is 0.492. The summed E-state index contributed by atoms with van der Waals surface area (Å²) in [6, 6.07) is 6.33. The Morgan fingerprint density at radius 1 is 1.17 bits per heavy atom. The number of carboxylic acids is 1. The van der Waals surface area contributed by atoms with Gasteiger partial charge in [-0.15, -0.1) is 0 Å². The molecule has 8 nitrogen and oxygen atoms in total. The summed E-state index contributed by atoms with van der Waals surface area (Å²) < 4.78 is 5.49. The normalized spacial score (nSPS) is 17.5. The van der Waals surface area contributed by atoms with Crippen molar-refractivity contribution in [1.29, 1.82) is 5.41 Å². The molecular formula is C27H38N5O3+. The summed E-state index contributed by atoms with van der Waals surface area (Å²) in [6.45, 7) is 5.52. The van der Waals surface area contributed by atoms with Crippen LogP contribution in [0.4, 0.5) is 11.6 Å². The Kier molecular flexibility index (Phi) is 8.13. The van der Waals surface area contributed by atoms with Crippen LogP contribution in [0, 0.1) is 11.3 Å². The van der Waals surface area contributed by atoms with Crippen LogP contribution in [0.2, 0.25) is 0 Å². The molecule has 8 heteroatoms. The van der Waals surface area contributed by atoms with Crippen molar-refractivity contribution in [3.63, 3.8) is 0 Å². The average molecular weight is 481 g/mol. The van der Waals surface area contributed by atoms with Gasteiger partial charge in [0.1, 0.15) is 5.82 Å². The van der Waals surface area contributed by atoms with Crippen molar-refractivity contribution in [2.45, 2.75) is 70.9 Å². The predicted octanol–water partition coefficient (Wildman–Crippen LogP) is 4.01. The maximum atomic E-state index is 12.0. The highest BCUT2D eigenvalue weighted by Gasteiger charge is 2.28. The number of ether oxygens (including phenoxy) is 1. The van der Waals surface area contributed by atoms with Gasteiger partial charge in [0, 0.05) is 49.3 Å². The van der Waals surface area contributed by atoms with Gasteiger partial charge in [-0.1, -0.05) is 20.3 Å². The Balaban J connectivity index is 1.74. The molecule has 2 aromatic rings. The Hall–Kier alpha value is -2.84. The van der Waals surface area contributed by atoms with Gasteiger partial charge in [0.15, 0.2) is 5.69 Å². The Bertz CT molecular complexity index is 1040. The summed E-state index contributed by atoms with van der Waals surface area (Å²) in [5.41, 5.74) is 2.72. The van der Waals surface area contributed by atoms with Gasteiger partial charge < -0.3 is 20.2 Å². The molecule has 2 aliphatic rings. The van der Waals surface area contributed by atoms with E-state index in [0.29, 0.717) is 29.2 Å². The van der Waals surface area contributed by atoms with E-state index in [1.807, 2.05) is 26.0 Å². The molecular weight excluding hydrogens is 442 g/mol. The fourth-order valence-corrected chi connectivity index (χ4v) is 5.13. The van der Waals surface area contributed by atoms with Gasteiger partial charge >= 0.3 is 5.97 Å². The molecule has 0 aromatic carbocycles. The number of pyridine rings is 2. The third-order valence-electron chi connectivity index (χ3n) is 7.32. The Morgan fingerprint density at radius 3 is 2.49 bits per heavy atom. The van der Waals surface area contributed by atoms with Crippen LogP contribution >= 0.6 is 0 Å². The first kappa shape index (κ1) is 25.3. The van der Waals surface area contributed by atoms with Crippen molar-refractivity contribution >= 4 is 23.3 Å². The van der Waals surface area contributed by atoms with Crippen LogP contribution in [0.5, 0.6) is 0 Å². The van der Waals surface area contributed by atoms with E-state index in [1.165, 1.54) is 19.3 Å². The van der Waals surface area contributed by atoms with Gasteiger partial charge in [-0.25, -0.2) is 9.78 Å². The number of rotatable bonds is 8. The zero-order chi connectivity index (χ0) is 24.9. The predicted molar refractivity (Wildman–Crippen MR) is 137 cm³/mol. The number of quaternary nitrogens is 1. The van der Waals surface area contributed by atoms with Crippen molar-refractivity contribution in [2.24, 2.45) is 5.92 Å². The third kappa shape index (κ3) is 5.87. The minimum Gasteiger partial charge on any atom is -0.477 e. The lowest BCUT2D eigenvalue weighted by Gasteiger charge is -2.32. The average Bonchev–Trinajstić information content (AvgIpc) is 2.88. The van der Waals surface area contributed by atoms with E-state index in [0.717, 1.165) is 55.8 Å². The topological polar surface area (TPSA) is 116 Å². The highest BCUT2D eigenvalue weighted by Crippen LogP contribution is 2.31. The van der Waals surface area contributed by atoms with Crippen LogP contribution in [0.25, 0.3) is 11.1 Å². The first-order chi connectivity index (χ1) is 16.8. The molecule has 0 spiro atoms. The van der Waals surface area contributed by atoms with Crippen LogP contribution in [-0.2, 0) is 4.74 Å². The molecule has 1 aliphatic heterocycles. The standard InChI is InChI=1S/C27H37N5O3/c1-17(2)25(28)24-21(15-22(27(33)34)31-26(24)30-19-7-5-4-6-8-19)18-9-10-23(29-16-18)32(3)20-11-13-35-14-12-20/h9-10,15-17,19-20,28H,4-8,11-14H2,1-3H3,(H,30,31)(H,33,34)/p+1. The number of nitrogens with one attached hydrogen (secondary N) is 1. The van der Waals surface area contributed by atoms with Crippen molar-refractivity contribution in [3.8, 4) is 11.1 Å². The summed E-state index contributed by atoms with van der Waals surface area (Å²) in [5.74, 6) is 0.421. The lowest BCUT2D eigenvalue weighted by atomic mass is 9.91. The highest BCUT2D eigenvalue weighted by atomic mass is 16.5. The number of carbonyl (C=O) groups is 1. The minimum absolute atomic E-state index is 0.00534. The first-order valence-electron chi connectivity index (χ1n) is 12.8. The third-order valence-corrected chi connectivity index (χ3v) is 7.32. The molecule has 1 saturated heterocycles. The zero-order valence-corrected chi connectivity index (χ0v) is 21.1. The molecule has 0 atom stereocenters. The molecule has 2 aromatic heterocycles. The monoisotopic (exact) mass is 480 g/mol. The highest BCUT2D eigenvalue weighted by molar-refractivity contribution is 6.08. The summed E-state index contributed by atoms with van der Waals surface area (Å²) in [4.78, 5) is 23.5. The van der Waals surface area contributed by atoms with Gasteiger partial charge in [-0.05, 0) is 62.6 Å². The number of nitrogens with zero attached hydrogens (tertiary/aromatic N) is 3. The number of anilines is 1. The molecule has 3 heterocycles. The lowest BCUT2D eigenvalue weighted by Crippen LogP contribution is -2.85. The van der Waals surface area contributed by atoms with Gasteiger partial charge in [-0.3, -0.25) is 5.32 Å². The van der Waals surface area contributed by atoms with Crippen molar-refractivity contribution < 1.29 is 20.0 Å². The van der Waals surface area contributed by atoms with E-state index in [9.17, 15) is 9.90 Å². The number of nitrogens with two attached hydrogens (primary N) is 1. The molecule has 4 rings (SSSR count). The van der Waals surface area contributed by atoms with E-state index in [2.05, 4.69) is 22.2 Å². The van der Waals surface area contributed by atoms with Gasteiger partial charge in [-0.2, -0.15) is 4.98 Å². The molecule has 0 amide bonds. The second-order valence-corrected chi connectivity index (χ2v) is 10.1. The first-order valence-corrected chi connectivity index (χ1v) is 12.8. The maximum absolute atomic E-state index is 12.0. The van der Waals surface area contributed by atoms with Crippen LogP contribution in [0.15, 0.2) is 24.4 Å². The van der Waals surface area contributed by atoms with E-state index < -0.39 is 5.97 Å². The van der Waals surface area contributed by atoms with Crippen LogP contribution in [-0.4, -0.2) is 59.1 Å². The number of aromatic carboxylic acids is 1. The second kappa shape index (κ2) is 11.3. The summed E-state index contributed by atoms with van der Waals surface area (Å²) in [7, 11) is 2.06. The lowest BCUT2D eigenvalue weighted by molar-refractivity contribution is -0.617. The second-order valence-electron chi connectivity index (χ2n) is 10.1. The molecule has 188 valence electrons. The molecule has 1 saturated carbocycles. The molecule has 1 aliphatic carbocycles. The van der Waals surface area contributed by atoms with Gasteiger partial charge in [0.25, 0.3) is 0 Å². The molecule has 0 radical (unpaired) electrons. The van der Waals surface area contributed by atoms with Crippen LogP contribution in [0.3, 0.4) is 0 Å². The van der Waals surface area contributed by atoms with E-state index in [1.54, 1.807) is 12.3 Å². The minimum atomic E-state index is -1.06. The Labute approximate surface area is 207 Å². The largest absolute Gasteiger partial charge is 0.477 e. The summed E-state index contributed by atoms with van der Waals surface area (Å²) >= 11 is 0. The molecule has 2 fully saturated rings. The Morgan fingerprint density at radius 2 is 1.89 bits per heavy atom. The van der Waals surface area contributed by atoms with Crippen LogP contribution in [0.1, 0.15) is 74.8 Å². The number of hydrogen-bond donors (Lipinski definition) is 3. The number of aromatic nitrogens is 2. The SMILES string of the molecule is CC(C)C(=N)c1c(-c2ccc(N(C)C3CCOCC3)nc2)cc(C(=O)O)nc1[NH2+]C1CCCCC1. The number of hydrogen-bond acceptors (Lipinski definition) is 6. The van der Waals surface area contributed by atoms with Gasteiger partial charge in [0.05, 0.1) is 11.6 Å². The van der Waals surface area contributed by atoms with Crippen molar-refractivity contribution in [3.05, 3.63) is 35.7 Å². The van der Waals surface area contributed by atoms with E-state index in [-0.39, 0.29) is 11.6 Å². The fourth-order valence-electron chi connectivity index (χ4n) is 5.13. The fraction of sp³-hybridized carbons (Fsp3) is 0.556. The molecule has 4 N–H and O–H groups in total. The van der Waals surface area contributed by atoms with Crippen LogP contribution < -0.4 is 10.2 Å². The molecule has 0 bridgehead atoms. The van der Waals surface area contributed by atoms with Crippen molar-refractivity contribution in [1.82, 2.24) is 9.97 Å². The number of carboxylic acid groups (broad SMARTS) is 1. The van der Waals surface area contributed by atoms with Crippen molar-refractivity contribution in [2.75, 3.05) is 25.2 Å². The van der Waals surface area contributed by atoms with Gasteiger partial charge in [0.2, 0.25) is 5.82 Å². The maximum Gasteiger partial charge on any atom is 0.354 e. The summed E-state index contributed by atoms with van der Waals surface area (Å²) in [6.07, 6.45) is 9.51. The molecule has 35 heavy (non-hydrogen) atoms. The van der Waals surface area contributed by atoms with E-state index in [4.69, 9.17) is 15.1 Å². The molecule has 0 unspecified atom stereocenters. The summed E-state index contributed by atoms with van der Waals surface area (Å²) in [5, 5.41) is 20.8. The smallest absolute Gasteiger partial charge is 0.354 e. The van der Waals surface area contributed by atoms with E-state index >= 15 is 0 Å². The zero-order valence-electron chi connectivity index (χ0n) is 21.1.